The number of carbonyl (C=O) groups is 2. The van der Waals surface area contributed by atoms with Crippen molar-refractivity contribution in [1.82, 2.24) is 14.5 Å². The molecular weight excluding hydrogens is 390 g/mol. The summed E-state index contributed by atoms with van der Waals surface area (Å²) >= 11 is 0. The summed E-state index contributed by atoms with van der Waals surface area (Å²) in [5, 5.41) is 0. The highest BCUT2D eigenvalue weighted by atomic mass is 32.2. The van der Waals surface area contributed by atoms with Crippen LogP contribution >= 0.6 is 0 Å². The first-order chi connectivity index (χ1) is 13.9. The summed E-state index contributed by atoms with van der Waals surface area (Å²) in [5.74, 6) is -0.195. The zero-order chi connectivity index (χ0) is 21.0. The van der Waals surface area contributed by atoms with Crippen molar-refractivity contribution in [2.24, 2.45) is 0 Å². The van der Waals surface area contributed by atoms with Crippen molar-refractivity contribution >= 4 is 21.8 Å². The minimum atomic E-state index is -3.53. The number of nitrogens with one attached hydrogen (secondary N) is 1. The molecule has 7 nitrogen and oxygen atoms in total. The Morgan fingerprint density at radius 3 is 1.62 bits per heavy atom. The molecule has 2 amide bonds. The fourth-order valence-corrected chi connectivity index (χ4v) is 3.99. The van der Waals surface area contributed by atoms with Gasteiger partial charge in [0.15, 0.2) is 0 Å². The summed E-state index contributed by atoms with van der Waals surface area (Å²) in [6, 6.07) is 13.5. The Balaban J connectivity index is 1.61. The Morgan fingerprint density at radius 2 is 1.24 bits per heavy atom. The summed E-state index contributed by atoms with van der Waals surface area (Å²) in [4.78, 5) is 28.9. The third kappa shape index (κ3) is 4.65. The Hall–Kier alpha value is -2.71. The molecule has 0 bridgehead atoms. The van der Waals surface area contributed by atoms with E-state index in [1.807, 2.05) is 24.3 Å². The molecule has 1 saturated heterocycles. The summed E-state index contributed by atoms with van der Waals surface area (Å²) in [5.41, 5.74) is 2.27. The van der Waals surface area contributed by atoms with Crippen molar-refractivity contribution in [3.05, 3.63) is 65.2 Å². The number of sulfonamides is 1. The van der Waals surface area contributed by atoms with Gasteiger partial charge >= 0.3 is 0 Å². The first-order valence-corrected chi connectivity index (χ1v) is 11.0. The number of nitrogens with zero attached hydrogens (tertiary/aromatic N) is 2. The molecule has 0 unspecified atom stereocenters. The lowest BCUT2D eigenvalue weighted by Gasteiger charge is -2.35. The zero-order valence-electron chi connectivity index (χ0n) is 16.6. The minimum Gasteiger partial charge on any atom is -0.335 e. The van der Waals surface area contributed by atoms with Gasteiger partial charge in [-0.25, -0.2) is 13.1 Å². The molecule has 1 fully saturated rings. The Labute approximate surface area is 171 Å². The Bertz CT molecular complexity index is 978. The highest BCUT2D eigenvalue weighted by Gasteiger charge is 2.25. The van der Waals surface area contributed by atoms with E-state index in [4.69, 9.17) is 0 Å². The molecule has 0 saturated carbocycles. The molecular formula is C21H25N3O4S. The predicted octanol–water partition coefficient (Wildman–Crippen LogP) is 1.76. The molecule has 29 heavy (non-hydrogen) atoms. The molecule has 8 heteroatoms. The second kappa shape index (κ2) is 8.75. The van der Waals surface area contributed by atoms with Crippen LogP contribution in [0.15, 0.2) is 53.4 Å². The van der Waals surface area contributed by atoms with Crippen LogP contribution in [0, 0.1) is 0 Å². The van der Waals surface area contributed by atoms with Crippen molar-refractivity contribution in [3.8, 4) is 0 Å². The number of hydrogen-bond donors (Lipinski definition) is 1. The number of carbonyl (C=O) groups excluding carboxylic acids is 2. The number of amides is 2. The summed E-state index contributed by atoms with van der Waals surface area (Å²) < 4.78 is 25.8. The minimum absolute atomic E-state index is 0.0265. The summed E-state index contributed by atoms with van der Waals surface area (Å²) in [6.45, 7) is 3.88. The molecule has 3 rings (SSSR count). The molecule has 0 aromatic heterocycles. The molecule has 1 aliphatic heterocycles. The van der Waals surface area contributed by atoms with Crippen molar-refractivity contribution in [1.29, 1.82) is 0 Å². The van der Waals surface area contributed by atoms with Gasteiger partial charge in [-0.2, -0.15) is 0 Å². The van der Waals surface area contributed by atoms with Crippen LogP contribution < -0.4 is 4.72 Å². The van der Waals surface area contributed by atoms with Crippen molar-refractivity contribution in [2.45, 2.75) is 18.2 Å². The zero-order valence-corrected chi connectivity index (χ0v) is 17.4. The fourth-order valence-electron chi connectivity index (χ4n) is 3.26. The van der Waals surface area contributed by atoms with Crippen molar-refractivity contribution in [2.75, 3.05) is 33.2 Å². The van der Waals surface area contributed by atoms with E-state index in [1.165, 1.54) is 36.9 Å². The molecule has 2 aromatic carbocycles. The number of rotatable bonds is 5. The lowest BCUT2D eigenvalue weighted by Crippen LogP contribution is -2.50. The quantitative estimate of drug-likeness (QED) is 0.806. The Morgan fingerprint density at radius 1 is 0.828 bits per heavy atom. The van der Waals surface area contributed by atoms with E-state index in [0.29, 0.717) is 37.3 Å². The molecule has 1 aliphatic rings. The van der Waals surface area contributed by atoms with E-state index in [1.54, 1.807) is 9.80 Å². The maximum absolute atomic E-state index is 12.7. The normalized spacial score (nSPS) is 14.7. The lowest BCUT2D eigenvalue weighted by molar-refractivity contribution is 0.0535. The van der Waals surface area contributed by atoms with Gasteiger partial charge in [-0.05, 0) is 55.4 Å². The van der Waals surface area contributed by atoms with Crippen molar-refractivity contribution in [3.63, 3.8) is 0 Å². The van der Waals surface area contributed by atoms with Crippen LogP contribution in [-0.4, -0.2) is 63.3 Å². The number of piperazine rings is 1. The third-order valence-corrected chi connectivity index (χ3v) is 6.57. The van der Waals surface area contributed by atoms with Crippen molar-refractivity contribution < 1.29 is 18.0 Å². The van der Waals surface area contributed by atoms with Crippen LogP contribution in [-0.2, 0) is 16.4 Å². The average molecular weight is 416 g/mol. The third-order valence-electron chi connectivity index (χ3n) is 5.14. The van der Waals surface area contributed by atoms with Gasteiger partial charge in [-0.15, -0.1) is 0 Å². The van der Waals surface area contributed by atoms with Gasteiger partial charge in [0, 0.05) is 37.3 Å². The standard InChI is InChI=1S/C21H25N3O4S/c1-3-16-4-6-17(7-5-16)20(25)23-12-14-24(15-13-23)21(26)18-8-10-19(11-9-18)29(27,28)22-2/h4-11,22H,3,12-15H2,1-2H3. The van der Waals surface area contributed by atoms with Crippen LogP contribution in [0.5, 0.6) is 0 Å². The van der Waals surface area contributed by atoms with Gasteiger partial charge in [0.05, 0.1) is 4.90 Å². The number of aryl methyl sites for hydroxylation is 1. The first kappa shape index (κ1) is 21.0. The molecule has 0 radical (unpaired) electrons. The van der Waals surface area contributed by atoms with Crippen LogP contribution in [0.3, 0.4) is 0 Å². The first-order valence-electron chi connectivity index (χ1n) is 9.57. The van der Waals surface area contributed by atoms with Crippen LogP contribution in [0.2, 0.25) is 0 Å². The van der Waals surface area contributed by atoms with Gasteiger partial charge in [0.1, 0.15) is 0 Å². The number of benzene rings is 2. The summed E-state index contributed by atoms with van der Waals surface area (Å²) in [7, 11) is -2.19. The smallest absolute Gasteiger partial charge is 0.253 e. The van der Waals surface area contributed by atoms with E-state index in [2.05, 4.69) is 11.6 Å². The maximum atomic E-state index is 12.7. The van der Waals surface area contributed by atoms with E-state index >= 15 is 0 Å². The van der Waals surface area contributed by atoms with E-state index in [0.717, 1.165) is 6.42 Å². The second-order valence-electron chi connectivity index (χ2n) is 6.87. The second-order valence-corrected chi connectivity index (χ2v) is 8.75. The summed E-state index contributed by atoms with van der Waals surface area (Å²) in [6.07, 6.45) is 0.928. The number of hydrogen-bond acceptors (Lipinski definition) is 4. The molecule has 1 N–H and O–H groups in total. The predicted molar refractivity (Wildman–Crippen MR) is 110 cm³/mol. The maximum Gasteiger partial charge on any atom is 0.253 e. The molecule has 0 atom stereocenters. The fraction of sp³-hybridized carbons (Fsp3) is 0.333. The largest absolute Gasteiger partial charge is 0.335 e. The SMILES string of the molecule is CCc1ccc(C(=O)N2CCN(C(=O)c3ccc(S(=O)(=O)NC)cc3)CC2)cc1. The van der Waals surface area contributed by atoms with E-state index in [-0.39, 0.29) is 16.7 Å². The molecule has 0 spiro atoms. The van der Waals surface area contributed by atoms with Gasteiger partial charge < -0.3 is 9.80 Å². The monoisotopic (exact) mass is 415 g/mol. The van der Waals surface area contributed by atoms with Gasteiger partial charge in [0.2, 0.25) is 10.0 Å². The van der Waals surface area contributed by atoms with Gasteiger partial charge in [-0.1, -0.05) is 19.1 Å². The topological polar surface area (TPSA) is 86.8 Å². The molecule has 0 aliphatic carbocycles. The average Bonchev–Trinajstić information content (AvgIpc) is 2.78. The molecule has 2 aromatic rings. The lowest BCUT2D eigenvalue weighted by atomic mass is 10.1. The van der Waals surface area contributed by atoms with Gasteiger partial charge in [-0.3, -0.25) is 9.59 Å². The molecule has 1 heterocycles. The Kier molecular flexibility index (Phi) is 6.34. The molecule has 154 valence electrons. The van der Waals surface area contributed by atoms with Crippen LogP contribution in [0.25, 0.3) is 0 Å². The highest BCUT2D eigenvalue weighted by Crippen LogP contribution is 2.15. The van der Waals surface area contributed by atoms with Crippen LogP contribution in [0.4, 0.5) is 0 Å². The van der Waals surface area contributed by atoms with E-state index in [9.17, 15) is 18.0 Å². The highest BCUT2D eigenvalue weighted by molar-refractivity contribution is 7.89. The van der Waals surface area contributed by atoms with E-state index < -0.39 is 10.0 Å². The van der Waals surface area contributed by atoms with Crippen LogP contribution in [0.1, 0.15) is 33.2 Å². The van der Waals surface area contributed by atoms with Gasteiger partial charge in [0.25, 0.3) is 11.8 Å².